The monoisotopic (exact) mass is 777 g/mol. The lowest BCUT2D eigenvalue weighted by molar-refractivity contribution is -0.161. The highest BCUT2D eigenvalue weighted by Crippen LogP contribution is 2.43. The number of aliphatic hydroxyl groups is 1. The van der Waals surface area contributed by atoms with Gasteiger partial charge < -0.3 is 25.2 Å². The number of allylic oxidation sites excluding steroid dienone is 12. The van der Waals surface area contributed by atoms with Crippen LogP contribution < -0.4 is 5.73 Å². The number of rotatable bonds is 36. The summed E-state index contributed by atoms with van der Waals surface area (Å²) in [5.74, 6) is -0.964. The van der Waals surface area contributed by atoms with Crippen molar-refractivity contribution in [3.05, 3.63) is 85.1 Å². The van der Waals surface area contributed by atoms with E-state index in [2.05, 4.69) is 56.4 Å². The first-order valence-electron chi connectivity index (χ1n) is 20.2. The molecule has 0 rings (SSSR count). The Balaban J connectivity index is 4.41. The van der Waals surface area contributed by atoms with Crippen LogP contribution in [-0.2, 0) is 32.7 Å². The Kier molecular flexibility index (Phi) is 36.4. The Hall–Kier alpha value is -2.85. The first-order chi connectivity index (χ1) is 26.2. The summed E-state index contributed by atoms with van der Waals surface area (Å²) in [4.78, 5) is 34.8. The molecule has 10 nitrogen and oxygen atoms in total. The summed E-state index contributed by atoms with van der Waals surface area (Å²) in [6, 6.07) is 0. The maximum absolute atomic E-state index is 12.5. The van der Waals surface area contributed by atoms with E-state index in [-0.39, 0.29) is 32.6 Å². The lowest BCUT2D eigenvalue weighted by atomic mass is 10.1. The van der Waals surface area contributed by atoms with E-state index in [0.29, 0.717) is 32.1 Å². The van der Waals surface area contributed by atoms with Gasteiger partial charge in [-0.15, -0.1) is 0 Å². The predicted octanol–water partition coefficient (Wildman–Crippen LogP) is 10.2. The van der Waals surface area contributed by atoms with Crippen LogP contribution in [0.2, 0.25) is 0 Å². The van der Waals surface area contributed by atoms with Crippen molar-refractivity contribution >= 4 is 19.8 Å². The Bertz CT molecular complexity index is 1180. The molecule has 3 atom stereocenters. The second-order valence-electron chi connectivity index (χ2n) is 13.0. The molecule has 0 spiro atoms. The number of phosphoric acid groups is 1. The van der Waals surface area contributed by atoms with Gasteiger partial charge in [-0.05, 0) is 77.0 Å². The summed E-state index contributed by atoms with van der Waals surface area (Å²) in [5, 5.41) is 10.0. The van der Waals surface area contributed by atoms with Gasteiger partial charge in [0.25, 0.3) is 0 Å². The minimum Gasteiger partial charge on any atom is -0.462 e. The fraction of sp³-hybridized carbons (Fsp3) is 0.628. The fourth-order valence-corrected chi connectivity index (χ4v) is 5.61. The van der Waals surface area contributed by atoms with Crippen LogP contribution in [0.25, 0.3) is 0 Å². The molecule has 0 amide bonds. The van der Waals surface area contributed by atoms with Crippen LogP contribution >= 0.6 is 7.82 Å². The standard InChI is InChI=1S/C43H72NO9P/c1-3-5-7-9-11-12-13-14-15-16-17-18-22-26-30-34-42(46)50-38-41(39-52-54(48,49)51-37-36-44)53-43(47)35-31-27-23-20-19-21-25-29-33-40(45)32-28-24-10-8-6-4-2/h5,7,11-12,14-15,20-21,23-25,28-29,33,40-41,45H,3-4,6,8-10,13,16-19,22,26-27,30-32,34-39,44H2,1-2H3,(H,48,49)/b7-5-,12-11-,15-14-,23-20-,25-21-,28-24-,33-29+/t40-,41+/m0/s1. The Labute approximate surface area is 326 Å². The number of aliphatic hydroxyl groups excluding tert-OH is 1. The second-order valence-corrected chi connectivity index (χ2v) is 14.4. The number of phosphoric ester groups is 1. The van der Waals surface area contributed by atoms with Crippen molar-refractivity contribution < 1.29 is 42.7 Å². The normalized spacial score (nSPS) is 14.8. The fourth-order valence-electron chi connectivity index (χ4n) is 4.84. The third-order valence-electron chi connectivity index (χ3n) is 7.85. The maximum atomic E-state index is 12.5. The van der Waals surface area contributed by atoms with Crippen molar-refractivity contribution in [1.29, 1.82) is 0 Å². The van der Waals surface area contributed by atoms with Crippen molar-refractivity contribution in [2.24, 2.45) is 5.73 Å². The zero-order chi connectivity index (χ0) is 39.8. The molecule has 0 saturated carbocycles. The highest BCUT2D eigenvalue weighted by molar-refractivity contribution is 7.47. The van der Waals surface area contributed by atoms with Crippen LogP contribution in [0.1, 0.15) is 136 Å². The number of carbonyl (C=O) groups is 2. The quantitative estimate of drug-likeness (QED) is 0.0184. The van der Waals surface area contributed by atoms with Crippen molar-refractivity contribution in [1.82, 2.24) is 0 Å². The molecule has 0 heterocycles. The van der Waals surface area contributed by atoms with Crippen LogP contribution in [0, 0.1) is 0 Å². The largest absolute Gasteiger partial charge is 0.472 e. The van der Waals surface area contributed by atoms with Gasteiger partial charge in [-0.1, -0.05) is 131 Å². The highest BCUT2D eigenvalue weighted by Gasteiger charge is 2.25. The van der Waals surface area contributed by atoms with Gasteiger partial charge in [-0.3, -0.25) is 18.6 Å². The third kappa shape index (κ3) is 37.5. The number of nitrogens with two attached hydrogens (primary N) is 1. The van der Waals surface area contributed by atoms with Crippen LogP contribution in [0.3, 0.4) is 0 Å². The van der Waals surface area contributed by atoms with Gasteiger partial charge in [0, 0.05) is 19.4 Å². The summed E-state index contributed by atoms with van der Waals surface area (Å²) in [7, 11) is -4.41. The first-order valence-corrected chi connectivity index (χ1v) is 21.7. The summed E-state index contributed by atoms with van der Waals surface area (Å²) in [6.07, 6.45) is 43.6. The summed E-state index contributed by atoms with van der Waals surface area (Å²) >= 11 is 0. The average molecular weight is 778 g/mol. The second kappa shape index (κ2) is 38.4. The topological polar surface area (TPSA) is 155 Å². The van der Waals surface area contributed by atoms with Gasteiger partial charge in [0.2, 0.25) is 0 Å². The molecule has 308 valence electrons. The third-order valence-corrected chi connectivity index (χ3v) is 8.83. The Morgan fingerprint density at radius 3 is 1.96 bits per heavy atom. The number of carbonyl (C=O) groups excluding carboxylic acids is 2. The van der Waals surface area contributed by atoms with Crippen molar-refractivity contribution in [2.45, 2.75) is 148 Å². The molecule has 0 aromatic heterocycles. The van der Waals surface area contributed by atoms with Gasteiger partial charge in [-0.2, -0.15) is 0 Å². The minimum absolute atomic E-state index is 0.0275. The van der Waals surface area contributed by atoms with E-state index in [1.807, 2.05) is 36.5 Å². The molecule has 11 heteroatoms. The van der Waals surface area contributed by atoms with Crippen molar-refractivity contribution in [2.75, 3.05) is 26.4 Å². The average Bonchev–Trinajstić information content (AvgIpc) is 3.15. The van der Waals surface area contributed by atoms with E-state index in [1.54, 1.807) is 6.08 Å². The highest BCUT2D eigenvalue weighted by atomic mass is 31.2. The van der Waals surface area contributed by atoms with E-state index in [1.165, 1.54) is 19.3 Å². The van der Waals surface area contributed by atoms with Crippen LogP contribution in [-0.4, -0.2) is 60.5 Å². The molecule has 0 aromatic rings. The predicted molar refractivity (Wildman–Crippen MR) is 221 cm³/mol. The smallest absolute Gasteiger partial charge is 0.462 e. The van der Waals surface area contributed by atoms with Crippen molar-refractivity contribution in [3.63, 3.8) is 0 Å². The number of hydrogen-bond donors (Lipinski definition) is 3. The molecule has 0 aliphatic heterocycles. The molecule has 0 aliphatic carbocycles. The molecule has 0 saturated heterocycles. The molecule has 0 aliphatic rings. The van der Waals surface area contributed by atoms with E-state index in [0.717, 1.165) is 57.8 Å². The molecule has 4 N–H and O–H groups in total. The van der Waals surface area contributed by atoms with Gasteiger partial charge >= 0.3 is 19.8 Å². The molecule has 0 radical (unpaired) electrons. The van der Waals surface area contributed by atoms with E-state index in [4.69, 9.17) is 24.3 Å². The van der Waals surface area contributed by atoms with Crippen molar-refractivity contribution in [3.8, 4) is 0 Å². The molecule has 1 unspecified atom stereocenters. The van der Waals surface area contributed by atoms with Crippen LogP contribution in [0.4, 0.5) is 0 Å². The Morgan fingerprint density at radius 1 is 0.667 bits per heavy atom. The number of unbranched alkanes of at least 4 members (excludes halogenated alkanes) is 9. The molecular formula is C43H72NO9P. The summed E-state index contributed by atoms with van der Waals surface area (Å²) < 4.78 is 32.6. The van der Waals surface area contributed by atoms with Gasteiger partial charge in [0.15, 0.2) is 6.10 Å². The van der Waals surface area contributed by atoms with Crippen LogP contribution in [0.5, 0.6) is 0 Å². The van der Waals surface area contributed by atoms with Gasteiger partial charge in [-0.25, -0.2) is 4.57 Å². The number of ether oxygens (including phenoxy) is 2. The molecule has 0 aromatic carbocycles. The zero-order valence-corrected chi connectivity index (χ0v) is 34.2. The zero-order valence-electron chi connectivity index (χ0n) is 33.3. The summed E-state index contributed by atoms with van der Waals surface area (Å²) in [6.45, 7) is 3.38. The minimum atomic E-state index is -4.41. The first kappa shape index (κ1) is 51.1. The Morgan fingerprint density at radius 2 is 1.26 bits per heavy atom. The number of esters is 2. The molecule has 54 heavy (non-hydrogen) atoms. The van der Waals surface area contributed by atoms with Gasteiger partial charge in [0.05, 0.1) is 19.3 Å². The lowest BCUT2D eigenvalue weighted by Gasteiger charge is -2.19. The van der Waals surface area contributed by atoms with Gasteiger partial charge in [0.1, 0.15) is 6.61 Å². The lowest BCUT2D eigenvalue weighted by Crippen LogP contribution is -2.29. The van der Waals surface area contributed by atoms with E-state index < -0.39 is 38.6 Å². The van der Waals surface area contributed by atoms with E-state index in [9.17, 15) is 24.2 Å². The SMILES string of the molecule is CC/C=C\C/C=C\C/C=C\CCCCCCCC(=O)OC[C@H](COP(=O)(O)OCCN)OC(=O)CCC/C=C\C/C=C\C=C\[C@@H](O)C/C=C\CCCCC. The van der Waals surface area contributed by atoms with E-state index >= 15 is 0 Å². The molecule has 0 fully saturated rings. The number of hydrogen-bond acceptors (Lipinski definition) is 9. The summed E-state index contributed by atoms with van der Waals surface area (Å²) in [5.41, 5.74) is 5.33. The molecular weight excluding hydrogens is 705 g/mol. The van der Waals surface area contributed by atoms with Crippen LogP contribution in [0.15, 0.2) is 85.1 Å². The molecule has 0 bridgehead atoms. The maximum Gasteiger partial charge on any atom is 0.472 e.